The van der Waals surface area contributed by atoms with Crippen molar-refractivity contribution >= 4 is 5.91 Å². The van der Waals surface area contributed by atoms with E-state index in [2.05, 4.69) is 5.32 Å². The Hall–Kier alpha value is -1.39. The summed E-state index contributed by atoms with van der Waals surface area (Å²) in [6.07, 6.45) is 1.66. The summed E-state index contributed by atoms with van der Waals surface area (Å²) in [7, 11) is 0. The number of benzene rings is 1. The third kappa shape index (κ3) is 2.65. The van der Waals surface area contributed by atoms with E-state index >= 15 is 0 Å². The molecule has 4 nitrogen and oxygen atoms in total. The van der Waals surface area contributed by atoms with Crippen molar-refractivity contribution in [1.29, 1.82) is 0 Å². The van der Waals surface area contributed by atoms with Gasteiger partial charge in [-0.3, -0.25) is 4.79 Å². The van der Waals surface area contributed by atoms with E-state index in [-0.39, 0.29) is 12.5 Å². The molecule has 17 heavy (non-hydrogen) atoms. The largest absolute Gasteiger partial charge is 0.394 e. The van der Waals surface area contributed by atoms with Crippen LogP contribution in [0.4, 0.5) is 0 Å². The van der Waals surface area contributed by atoms with Crippen LogP contribution >= 0.6 is 0 Å². The summed E-state index contributed by atoms with van der Waals surface area (Å²) < 4.78 is 0. The molecule has 0 spiro atoms. The van der Waals surface area contributed by atoms with Crippen molar-refractivity contribution in [2.45, 2.75) is 31.3 Å². The minimum Gasteiger partial charge on any atom is -0.394 e. The first-order valence-electron chi connectivity index (χ1n) is 5.81. The van der Waals surface area contributed by atoms with Crippen LogP contribution in [-0.2, 0) is 4.79 Å². The van der Waals surface area contributed by atoms with E-state index in [9.17, 15) is 4.79 Å². The molecule has 0 bridgehead atoms. The Morgan fingerprint density at radius 2 is 2.06 bits per heavy atom. The Kier molecular flexibility index (Phi) is 3.17. The lowest BCUT2D eigenvalue weighted by Crippen LogP contribution is -2.44. The van der Waals surface area contributed by atoms with E-state index < -0.39 is 11.6 Å². The maximum absolute atomic E-state index is 11.9. The molecule has 0 saturated heterocycles. The van der Waals surface area contributed by atoms with Gasteiger partial charge in [-0.1, -0.05) is 29.8 Å². The van der Waals surface area contributed by atoms with Crippen molar-refractivity contribution in [2.75, 3.05) is 6.61 Å². The zero-order chi connectivity index (χ0) is 12.5. The van der Waals surface area contributed by atoms with Crippen LogP contribution in [0.3, 0.4) is 0 Å². The number of amides is 1. The summed E-state index contributed by atoms with van der Waals surface area (Å²) in [6.45, 7) is 1.97. The van der Waals surface area contributed by atoms with E-state index in [1.54, 1.807) is 0 Å². The molecule has 1 fully saturated rings. The smallest absolute Gasteiger partial charge is 0.242 e. The third-order valence-electron chi connectivity index (χ3n) is 3.26. The summed E-state index contributed by atoms with van der Waals surface area (Å²) in [5, 5.41) is 12.0. The number of hydrogen-bond donors (Lipinski definition) is 3. The van der Waals surface area contributed by atoms with Crippen LogP contribution in [0.2, 0.25) is 0 Å². The van der Waals surface area contributed by atoms with E-state index in [0.29, 0.717) is 0 Å². The number of hydrogen-bond acceptors (Lipinski definition) is 3. The van der Waals surface area contributed by atoms with Gasteiger partial charge in [-0.25, -0.2) is 0 Å². The van der Waals surface area contributed by atoms with E-state index in [0.717, 1.165) is 24.0 Å². The fourth-order valence-corrected chi connectivity index (χ4v) is 1.74. The zero-order valence-corrected chi connectivity index (χ0v) is 9.94. The normalized spacial score (nSPS) is 18.5. The monoisotopic (exact) mass is 234 g/mol. The minimum absolute atomic E-state index is 0.0145. The van der Waals surface area contributed by atoms with E-state index in [4.69, 9.17) is 10.8 Å². The second kappa shape index (κ2) is 4.47. The van der Waals surface area contributed by atoms with Crippen LogP contribution in [0.25, 0.3) is 0 Å². The summed E-state index contributed by atoms with van der Waals surface area (Å²) in [4.78, 5) is 11.9. The molecule has 4 heteroatoms. The molecule has 0 heterocycles. The standard InChI is InChI=1S/C13H18N2O2/c1-9-2-4-10(5-3-9)11(14)12(17)15-13(8-16)6-7-13/h2-5,11,16H,6-8,14H2,1H3,(H,15,17). The lowest BCUT2D eigenvalue weighted by atomic mass is 10.0. The molecule has 1 saturated carbocycles. The van der Waals surface area contributed by atoms with Gasteiger partial charge in [0.05, 0.1) is 12.1 Å². The fraction of sp³-hybridized carbons (Fsp3) is 0.462. The Labute approximate surface area is 101 Å². The third-order valence-corrected chi connectivity index (χ3v) is 3.26. The molecule has 0 aromatic heterocycles. The summed E-state index contributed by atoms with van der Waals surface area (Å²) in [5.41, 5.74) is 7.41. The number of aliphatic hydroxyl groups is 1. The molecule has 92 valence electrons. The van der Waals surface area contributed by atoms with Crippen molar-refractivity contribution in [3.63, 3.8) is 0 Å². The average molecular weight is 234 g/mol. The highest BCUT2D eigenvalue weighted by Gasteiger charge is 2.44. The lowest BCUT2D eigenvalue weighted by molar-refractivity contribution is -0.123. The molecular formula is C13H18N2O2. The summed E-state index contributed by atoms with van der Waals surface area (Å²) in [5.74, 6) is -0.222. The SMILES string of the molecule is Cc1ccc(C(N)C(=O)NC2(CO)CC2)cc1. The van der Waals surface area contributed by atoms with Crippen molar-refractivity contribution in [2.24, 2.45) is 5.73 Å². The van der Waals surface area contributed by atoms with Crippen molar-refractivity contribution in [3.05, 3.63) is 35.4 Å². The highest BCUT2D eigenvalue weighted by Crippen LogP contribution is 2.35. The van der Waals surface area contributed by atoms with Crippen LogP contribution < -0.4 is 11.1 Å². The summed E-state index contributed by atoms with van der Waals surface area (Å²) >= 11 is 0. The highest BCUT2D eigenvalue weighted by molar-refractivity contribution is 5.84. The second-order valence-corrected chi connectivity index (χ2v) is 4.82. The molecule has 1 amide bonds. The highest BCUT2D eigenvalue weighted by atomic mass is 16.3. The summed E-state index contributed by atoms with van der Waals surface area (Å²) in [6, 6.07) is 6.92. The molecule has 1 aliphatic rings. The van der Waals surface area contributed by atoms with Crippen LogP contribution in [0, 0.1) is 6.92 Å². The van der Waals surface area contributed by atoms with Gasteiger partial charge >= 0.3 is 0 Å². The predicted molar refractivity (Wildman–Crippen MR) is 65.3 cm³/mol. The number of rotatable bonds is 4. The quantitative estimate of drug-likeness (QED) is 0.715. The minimum atomic E-state index is -0.667. The molecule has 4 N–H and O–H groups in total. The molecule has 1 atom stereocenters. The number of nitrogens with two attached hydrogens (primary N) is 1. The van der Waals surface area contributed by atoms with Gasteiger partial charge < -0.3 is 16.2 Å². The van der Waals surface area contributed by atoms with Gasteiger partial charge in [-0.05, 0) is 25.3 Å². The van der Waals surface area contributed by atoms with Crippen LogP contribution in [-0.4, -0.2) is 23.2 Å². The lowest BCUT2D eigenvalue weighted by Gasteiger charge is -2.18. The Bertz CT molecular complexity index is 410. The molecule has 1 unspecified atom stereocenters. The van der Waals surface area contributed by atoms with Gasteiger partial charge in [0.2, 0.25) is 5.91 Å². The molecule has 1 aromatic carbocycles. The Balaban J connectivity index is 2.02. The first-order chi connectivity index (χ1) is 8.06. The van der Waals surface area contributed by atoms with Gasteiger partial charge in [0, 0.05) is 0 Å². The molecule has 2 rings (SSSR count). The number of aryl methyl sites for hydroxylation is 1. The van der Waals surface area contributed by atoms with Crippen LogP contribution in [0.15, 0.2) is 24.3 Å². The van der Waals surface area contributed by atoms with Crippen molar-refractivity contribution in [3.8, 4) is 0 Å². The Morgan fingerprint density at radius 3 is 2.53 bits per heavy atom. The van der Waals surface area contributed by atoms with Gasteiger partial charge in [0.25, 0.3) is 0 Å². The van der Waals surface area contributed by atoms with Crippen molar-refractivity contribution < 1.29 is 9.90 Å². The van der Waals surface area contributed by atoms with Crippen LogP contribution in [0.5, 0.6) is 0 Å². The van der Waals surface area contributed by atoms with Gasteiger partial charge in [0.1, 0.15) is 6.04 Å². The first-order valence-corrected chi connectivity index (χ1v) is 5.81. The van der Waals surface area contributed by atoms with Gasteiger partial charge in [-0.2, -0.15) is 0 Å². The number of carbonyl (C=O) groups excluding carboxylic acids is 1. The maximum atomic E-state index is 11.9. The maximum Gasteiger partial charge on any atom is 0.242 e. The van der Waals surface area contributed by atoms with Crippen LogP contribution in [0.1, 0.15) is 30.0 Å². The molecule has 1 aliphatic carbocycles. The predicted octanol–water partition coefficient (Wildman–Crippen LogP) is 0.636. The fourth-order valence-electron chi connectivity index (χ4n) is 1.74. The van der Waals surface area contributed by atoms with Gasteiger partial charge in [0.15, 0.2) is 0 Å². The topological polar surface area (TPSA) is 75.4 Å². The molecule has 1 aromatic rings. The Morgan fingerprint density at radius 1 is 1.47 bits per heavy atom. The van der Waals surface area contributed by atoms with Crippen molar-refractivity contribution in [1.82, 2.24) is 5.32 Å². The molecule has 0 aliphatic heterocycles. The van der Waals surface area contributed by atoms with E-state index in [1.807, 2.05) is 31.2 Å². The number of carbonyl (C=O) groups is 1. The molecular weight excluding hydrogens is 216 g/mol. The first kappa shape index (κ1) is 12.1. The van der Waals surface area contributed by atoms with E-state index in [1.165, 1.54) is 0 Å². The molecule has 0 radical (unpaired) electrons. The number of aliphatic hydroxyl groups excluding tert-OH is 1. The second-order valence-electron chi connectivity index (χ2n) is 4.82. The zero-order valence-electron chi connectivity index (χ0n) is 9.94. The number of nitrogens with one attached hydrogen (secondary N) is 1. The van der Waals surface area contributed by atoms with Gasteiger partial charge in [-0.15, -0.1) is 0 Å². The average Bonchev–Trinajstić information content (AvgIpc) is 3.09.